The molecule has 1 rings (SSSR count). The van der Waals surface area contributed by atoms with Gasteiger partial charge in [0.2, 0.25) is 0 Å². The first-order valence-electron chi connectivity index (χ1n) is 5.25. The summed E-state index contributed by atoms with van der Waals surface area (Å²) in [5, 5.41) is 3.26. The number of hydrogen-bond acceptors (Lipinski definition) is 3. The van der Waals surface area contributed by atoms with E-state index in [1.807, 2.05) is 12.4 Å². The molecule has 1 aromatic rings. The van der Waals surface area contributed by atoms with Crippen molar-refractivity contribution in [2.45, 2.75) is 20.8 Å². The molecule has 0 aromatic carbocycles. The summed E-state index contributed by atoms with van der Waals surface area (Å²) in [6.45, 7) is 9.38. The molecule has 0 aliphatic heterocycles. The van der Waals surface area contributed by atoms with Crippen molar-refractivity contribution in [2.75, 3.05) is 29.9 Å². The van der Waals surface area contributed by atoms with Crippen LogP contribution in [0.2, 0.25) is 0 Å². The Morgan fingerprint density at radius 2 is 1.93 bits per heavy atom. The molecule has 3 nitrogen and oxygen atoms in total. The number of anilines is 2. The molecule has 0 saturated carbocycles. The smallest absolute Gasteiger partial charge is 0.0573 e. The molecule has 3 heteroatoms. The third kappa shape index (κ3) is 2.62. The van der Waals surface area contributed by atoms with Crippen molar-refractivity contribution in [2.24, 2.45) is 0 Å². The lowest BCUT2D eigenvalue weighted by atomic mass is 10.3. The first kappa shape index (κ1) is 10.8. The number of pyridine rings is 1. The van der Waals surface area contributed by atoms with Crippen molar-refractivity contribution in [1.82, 2.24) is 4.98 Å². The van der Waals surface area contributed by atoms with Gasteiger partial charge < -0.3 is 10.2 Å². The molecule has 14 heavy (non-hydrogen) atoms. The largest absolute Gasteiger partial charge is 0.384 e. The van der Waals surface area contributed by atoms with Crippen molar-refractivity contribution in [3.63, 3.8) is 0 Å². The first-order valence-corrected chi connectivity index (χ1v) is 5.25. The highest BCUT2D eigenvalue weighted by Gasteiger charge is 2.02. The Bertz CT molecular complexity index is 269. The minimum Gasteiger partial charge on any atom is -0.384 e. The molecule has 0 fully saturated rings. The number of nitrogens with one attached hydrogen (secondary N) is 1. The maximum atomic E-state index is 4.22. The fraction of sp³-hybridized carbons (Fsp3) is 0.545. The van der Waals surface area contributed by atoms with Crippen molar-refractivity contribution < 1.29 is 0 Å². The van der Waals surface area contributed by atoms with Gasteiger partial charge in [0.05, 0.1) is 23.8 Å². The van der Waals surface area contributed by atoms with Crippen LogP contribution in [0.5, 0.6) is 0 Å². The zero-order valence-corrected chi connectivity index (χ0v) is 9.25. The van der Waals surface area contributed by atoms with Crippen molar-refractivity contribution in [3.8, 4) is 0 Å². The van der Waals surface area contributed by atoms with Crippen molar-refractivity contribution >= 4 is 11.4 Å². The molecule has 0 aliphatic carbocycles. The van der Waals surface area contributed by atoms with Gasteiger partial charge in [0.1, 0.15) is 0 Å². The Labute approximate surface area is 86.2 Å². The van der Waals surface area contributed by atoms with E-state index in [9.17, 15) is 0 Å². The third-order valence-corrected chi connectivity index (χ3v) is 2.23. The van der Waals surface area contributed by atoms with E-state index in [0.717, 1.165) is 25.3 Å². The molecule has 0 atom stereocenters. The summed E-state index contributed by atoms with van der Waals surface area (Å²) in [6, 6.07) is 2.14. The summed E-state index contributed by atoms with van der Waals surface area (Å²) in [5.41, 5.74) is 2.28. The zero-order chi connectivity index (χ0) is 10.4. The van der Waals surface area contributed by atoms with Gasteiger partial charge in [0.15, 0.2) is 0 Å². The maximum Gasteiger partial charge on any atom is 0.0573 e. The average Bonchev–Trinajstić information content (AvgIpc) is 2.21. The lowest BCUT2D eigenvalue weighted by molar-refractivity contribution is 0.862. The van der Waals surface area contributed by atoms with Gasteiger partial charge in [-0.15, -0.1) is 0 Å². The molecular weight excluding hydrogens is 174 g/mol. The second kappa shape index (κ2) is 5.47. The highest BCUT2D eigenvalue weighted by atomic mass is 15.1. The summed E-state index contributed by atoms with van der Waals surface area (Å²) in [5.74, 6) is 0. The molecule has 0 radical (unpaired) electrons. The van der Waals surface area contributed by atoms with E-state index in [1.165, 1.54) is 5.69 Å². The highest BCUT2D eigenvalue weighted by Crippen LogP contribution is 2.16. The normalized spacial score (nSPS) is 9.93. The average molecular weight is 193 g/mol. The molecular formula is C11H19N3. The number of rotatable bonds is 5. The maximum absolute atomic E-state index is 4.22. The Hall–Kier alpha value is -1.25. The quantitative estimate of drug-likeness (QED) is 0.778. The van der Waals surface area contributed by atoms with Gasteiger partial charge in [-0.3, -0.25) is 4.98 Å². The van der Waals surface area contributed by atoms with E-state index in [1.54, 1.807) is 0 Å². The van der Waals surface area contributed by atoms with Crippen LogP contribution < -0.4 is 10.2 Å². The topological polar surface area (TPSA) is 28.2 Å². The second-order valence-corrected chi connectivity index (χ2v) is 3.13. The van der Waals surface area contributed by atoms with Crippen LogP contribution in [0.15, 0.2) is 18.5 Å². The van der Waals surface area contributed by atoms with Crippen molar-refractivity contribution in [1.29, 1.82) is 0 Å². The van der Waals surface area contributed by atoms with Gasteiger partial charge in [-0.05, 0) is 26.8 Å². The monoisotopic (exact) mass is 193 g/mol. The summed E-state index contributed by atoms with van der Waals surface area (Å²) in [4.78, 5) is 6.50. The van der Waals surface area contributed by atoms with Crippen LogP contribution in [0, 0.1) is 0 Å². The number of aromatic nitrogens is 1. The van der Waals surface area contributed by atoms with E-state index < -0.39 is 0 Å². The predicted octanol–water partition coefficient (Wildman–Crippen LogP) is 2.36. The van der Waals surface area contributed by atoms with Crippen LogP contribution in [0.4, 0.5) is 11.4 Å². The molecule has 1 aromatic heterocycles. The van der Waals surface area contributed by atoms with Crippen LogP contribution in [-0.4, -0.2) is 24.6 Å². The molecule has 0 aliphatic rings. The Morgan fingerprint density at radius 1 is 1.21 bits per heavy atom. The predicted molar refractivity (Wildman–Crippen MR) is 62.0 cm³/mol. The molecule has 1 N–H and O–H groups in total. The molecule has 0 bridgehead atoms. The van der Waals surface area contributed by atoms with Crippen LogP contribution >= 0.6 is 0 Å². The Kier molecular flexibility index (Phi) is 4.23. The van der Waals surface area contributed by atoms with Gasteiger partial charge in [-0.25, -0.2) is 0 Å². The summed E-state index contributed by atoms with van der Waals surface area (Å²) >= 11 is 0. The SMILES string of the molecule is CCNc1cncc(N(CC)CC)c1. The fourth-order valence-corrected chi connectivity index (χ4v) is 1.49. The highest BCUT2D eigenvalue weighted by molar-refractivity contribution is 5.55. The molecule has 1 heterocycles. The minimum atomic E-state index is 0.934. The van der Waals surface area contributed by atoms with Gasteiger partial charge in [-0.1, -0.05) is 0 Å². The Morgan fingerprint density at radius 3 is 2.50 bits per heavy atom. The zero-order valence-electron chi connectivity index (χ0n) is 9.25. The fourth-order valence-electron chi connectivity index (χ4n) is 1.49. The van der Waals surface area contributed by atoms with Crippen molar-refractivity contribution in [3.05, 3.63) is 18.5 Å². The van der Waals surface area contributed by atoms with E-state index >= 15 is 0 Å². The molecule has 78 valence electrons. The lowest BCUT2D eigenvalue weighted by Gasteiger charge is -2.21. The molecule has 0 unspecified atom stereocenters. The van der Waals surface area contributed by atoms with Gasteiger partial charge in [-0.2, -0.15) is 0 Å². The van der Waals surface area contributed by atoms with Crippen LogP contribution in [0.1, 0.15) is 20.8 Å². The van der Waals surface area contributed by atoms with E-state index in [0.29, 0.717) is 0 Å². The molecule has 0 spiro atoms. The van der Waals surface area contributed by atoms with Crippen LogP contribution in [-0.2, 0) is 0 Å². The molecule has 0 amide bonds. The number of hydrogen-bond donors (Lipinski definition) is 1. The van der Waals surface area contributed by atoms with Gasteiger partial charge >= 0.3 is 0 Å². The standard InChI is InChI=1S/C11H19N3/c1-4-13-10-7-11(9-12-8-10)14(5-2)6-3/h7-9,13H,4-6H2,1-3H3. The van der Waals surface area contributed by atoms with Gasteiger partial charge in [0, 0.05) is 19.6 Å². The summed E-state index contributed by atoms with van der Waals surface area (Å²) in [6.07, 6.45) is 3.77. The second-order valence-electron chi connectivity index (χ2n) is 3.13. The number of nitrogens with zero attached hydrogens (tertiary/aromatic N) is 2. The first-order chi connectivity index (χ1) is 6.81. The summed E-state index contributed by atoms with van der Waals surface area (Å²) < 4.78 is 0. The minimum absolute atomic E-state index is 0.934. The van der Waals surface area contributed by atoms with Gasteiger partial charge in [0.25, 0.3) is 0 Å². The van der Waals surface area contributed by atoms with E-state index in [-0.39, 0.29) is 0 Å². The van der Waals surface area contributed by atoms with Crippen LogP contribution in [0.25, 0.3) is 0 Å². The van der Waals surface area contributed by atoms with E-state index in [2.05, 4.69) is 42.0 Å². The van der Waals surface area contributed by atoms with Crippen LogP contribution in [0.3, 0.4) is 0 Å². The Balaban J connectivity index is 2.81. The molecule has 0 saturated heterocycles. The summed E-state index contributed by atoms with van der Waals surface area (Å²) in [7, 11) is 0. The lowest BCUT2D eigenvalue weighted by Crippen LogP contribution is -2.22. The third-order valence-electron chi connectivity index (χ3n) is 2.23. The van der Waals surface area contributed by atoms with E-state index in [4.69, 9.17) is 0 Å².